The third-order valence-corrected chi connectivity index (χ3v) is 6.47. The van der Waals surface area contributed by atoms with Crippen LogP contribution in [-0.4, -0.2) is 56.4 Å². The number of aromatic nitrogens is 4. The summed E-state index contributed by atoms with van der Waals surface area (Å²) >= 11 is 5.18. The maximum atomic E-state index is 5.18. The summed E-state index contributed by atoms with van der Waals surface area (Å²) in [6.45, 7) is 6.42. The Bertz CT molecular complexity index is 1030. The lowest BCUT2D eigenvalue weighted by molar-refractivity contribution is 0.168. The van der Waals surface area contributed by atoms with Crippen molar-refractivity contribution in [2.75, 3.05) is 31.6 Å². The number of thiocarbonyl (C=S) groups is 1. The van der Waals surface area contributed by atoms with Crippen molar-refractivity contribution in [3.63, 3.8) is 0 Å². The molecule has 3 aromatic rings. The molecule has 3 heterocycles. The van der Waals surface area contributed by atoms with E-state index in [0.29, 0.717) is 11.7 Å². The van der Waals surface area contributed by atoms with E-state index in [9.17, 15) is 0 Å². The van der Waals surface area contributed by atoms with Crippen molar-refractivity contribution in [2.24, 2.45) is 7.05 Å². The Morgan fingerprint density at radius 1 is 1.16 bits per heavy atom. The van der Waals surface area contributed by atoms with E-state index in [1.54, 1.807) is 12.4 Å². The SMILES string of the molecule is CNC(=S)NCc1ccc(C2CN(c3cnccn3)CCN2Cc2cnn(C)c2C)cc1. The smallest absolute Gasteiger partial charge is 0.166 e. The molecule has 0 bridgehead atoms. The fraction of sp³-hybridized carbons (Fsp3) is 0.391. The van der Waals surface area contributed by atoms with Crippen molar-refractivity contribution in [2.45, 2.75) is 26.1 Å². The predicted octanol–water partition coefficient (Wildman–Crippen LogP) is 2.18. The largest absolute Gasteiger partial charge is 0.366 e. The van der Waals surface area contributed by atoms with Crippen LogP contribution in [0, 0.1) is 6.92 Å². The van der Waals surface area contributed by atoms with Gasteiger partial charge in [0.1, 0.15) is 5.82 Å². The molecular formula is C23H30N8S. The molecule has 1 aliphatic heterocycles. The van der Waals surface area contributed by atoms with Gasteiger partial charge in [-0.15, -0.1) is 0 Å². The van der Waals surface area contributed by atoms with Gasteiger partial charge >= 0.3 is 0 Å². The van der Waals surface area contributed by atoms with Crippen LogP contribution in [0.15, 0.2) is 49.1 Å². The van der Waals surface area contributed by atoms with E-state index in [0.717, 1.165) is 32.0 Å². The highest BCUT2D eigenvalue weighted by atomic mass is 32.1. The highest BCUT2D eigenvalue weighted by molar-refractivity contribution is 7.80. The van der Waals surface area contributed by atoms with Crippen molar-refractivity contribution in [3.8, 4) is 0 Å². The molecule has 8 nitrogen and oxygen atoms in total. The van der Waals surface area contributed by atoms with Crippen molar-refractivity contribution < 1.29 is 0 Å². The van der Waals surface area contributed by atoms with Crippen LogP contribution in [0.5, 0.6) is 0 Å². The zero-order chi connectivity index (χ0) is 22.5. The summed E-state index contributed by atoms with van der Waals surface area (Å²) in [6.07, 6.45) is 7.31. The molecule has 0 aliphatic carbocycles. The van der Waals surface area contributed by atoms with Gasteiger partial charge in [-0.25, -0.2) is 4.98 Å². The Kier molecular flexibility index (Phi) is 6.96. The van der Waals surface area contributed by atoms with Crippen LogP contribution in [0.3, 0.4) is 0 Å². The summed E-state index contributed by atoms with van der Waals surface area (Å²) in [7, 11) is 3.82. The molecule has 1 saturated heterocycles. The summed E-state index contributed by atoms with van der Waals surface area (Å²) in [4.78, 5) is 13.7. The van der Waals surface area contributed by atoms with E-state index in [1.165, 1.54) is 22.4 Å². The Morgan fingerprint density at radius 3 is 2.62 bits per heavy atom. The quantitative estimate of drug-likeness (QED) is 0.554. The van der Waals surface area contributed by atoms with Crippen molar-refractivity contribution in [1.82, 2.24) is 35.3 Å². The molecule has 1 aliphatic rings. The minimum Gasteiger partial charge on any atom is -0.366 e. The van der Waals surface area contributed by atoms with E-state index in [4.69, 9.17) is 12.2 Å². The van der Waals surface area contributed by atoms with Crippen LogP contribution < -0.4 is 15.5 Å². The van der Waals surface area contributed by atoms with Crippen molar-refractivity contribution in [1.29, 1.82) is 0 Å². The monoisotopic (exact) mass is 450 g/mol. The van der Waals surface area contributed by atoms with Crippen LogP contribution in [0.1, 0.15) is 28.4 Å². The second kappa shape index (κ2) is 10.1. The third-order valence-electron chi connectivity index (χ3n) is 6.12. The van der Waals surface area contributed by atoms with Crippen molar-refractivity contribution >= 4 is 23.1 Å². The first-order valence-electron chi connectivity index (χ1n) is 10.8. The molecule has 1 unspecified atom stereocenters. The Hall–Kier alpha value is -3.04. The molecule has 32 heavy (non-hydrogen) atoms. The normalized spacial score (nSPS) is 16.7. The molecule has 2 N–H and O–H groups in total. The summed E-state index contributed by atoms with van der Waals surface area (Å²) < 4.78 is 1.94. The van der Waals surface area contributed by atoms with Crippen LogP contribution in [0.25, 0.3) is 0 Å². The van der Waals surface area contributed by atoms with E-state index in [-0.39, 0.29) is 6.04 Å². The molecule has 2 aromatic heterocycles. The number of hydrogen-bond acceptors (Lipinski definition) is 6. The maximum Gasteiger partial charge on any atom is 0.166 e. The molecule has 9 heteroatoms. The number of rotatable bonds is 6. The van der Waals surface area contributed by atoms with Gasteiger partial charge in [0.25, 0.3) is 0 Å². The number of nitrogens with zero attached hydrogens (tertiary/aromatic N) is 6. The molecule has 0 radical (unpaired) electrons. The fourth-order valence-corrected chi connectivity index (χ4v) is 4.11. The summed E-state index contributed by atoms with van der Waals surface area (Å²) in [5.41, 5.74) is 4.97. The number of benzene rings is 1. The second-order valence-corrected chi connectivity index (χ2v) is 8.46. The summed E-state index contributed by atoms with van der Waals surface area (Å²) in [5, 5.41) is 11.2. The Labute approximate surface area is 194 Å². The molecule has 1 atom stereocenters. The molecule has 0 amide bonds. The molecule has 0 saturated carbocycles. The van der Waals surface area contributed by atoms with Crippen molar-refractivity contribution in [3.05, 3.63) is 71.4 Å². The van der Waals surface area contributed by atoms with Gasteiger partial charge < -0.3 is 15.5 Å². The average Bonchev–Trinajstić information content (AvgIpc) is 3.16. The number of anilines is 1. The van der Waals surface area contributed by atoms with Gasteiger partial charge in [-0.3, -0.25) is 14.6 Å². The highest BCUT2D eigenvalue weighted by Gasteiger charge is 2.29. The zero-order valence-corrected chi connectivity index (χ0v) is 19.6. The summed E-state index contributed by atoms with van der Waals surface area (Å²) in [6, 6.07) is 9.05. The zero-order valence-electron chi connectivity index (χ0n) is 18.8. The molecule has 4 rings (SSSR count). The molecule has 0 spiro atoms. The molecule has 1 fully saturated rings. The topological polar surface area (TPSA) is 74.1 Å². The molecule has 1 aromatic carbocycles. The van der Waals surface area contributed by atoms with Crippen LogP contribution >= 0.6 is 12.2 Å². The minimum absolute atomic E-state index is 0.241. The van der Waals surface area contributed by atoms with Gasteiger partial charge in [0, 0.05) is 70.5 Å². The van der Waals surface area contributed by atoms with E-state index < -0.39 is 0 Å². The van der Waals surface area contributed by atoms with E-state index >= 15 is 0 Å². The minimum atomic E-state index is 0.241. The number of piperazine rings is 1. The van der Waals surface area contributed by atoms with E-state index in [2.05, 4.69) is 66.7 Å². The van der Waals surface area contributed by atoms with Gasteiger partial charge in [0.15, 0.2) is 5.11 Å². The van der Waals surface area contributed by atoms with Crippen LogP contribution in [-0.2, 0) is 20.1 Å². The van der Waals surface area contributed by atoms with Crippen LogP contribution in [0.4, 0.5) is 5.82 Å². The van der Waals surface area contributed by atoms with Gasteiger partial charge in [-0.05, 0) is 30.3 Å². The number of nitrogens with one attached hydrogen (secondary N) is 2. The van der Waals surface area contributed by atoms with Gasteiger partial charge in [0.2, 0.25) is 0 Å². The number of aryl methyl sites for hydroxylation is 1. The first kappa shape index (κ1) is 22.2. The predicted molar refractivity (Wildman–Crippen MR) is 130 cm³/mol. The Morgan fingerprint density at radius 2 is 1.97 bits per heavy atom. The second-order valence-electron chi connectivity index (χ2n) is 8.05. The highest BCUT2D eigenvalue weighted by Crippen LogP contribution is 2.29. The van der Waals surface area contributed by atoms with Gasteiger partial charge in [0.05, 0.1) is 18.4 Å². The maximum absolute atomic E-state index is 5.18. The van der Waals surface area contributed by atoms with Gasteiger partial charge in [-0.1, -0.05) is 24.3 Å². The lowest BCUT2D eigenvalue weighted by Gasteiger charge is -2.42. The lowest BCUT2D eigenvalue weighted by atomic mass is 10.00. The first-order chi connectivity index (χ1) is 15.5. The van der Waals surface area contributed by atoms with Crippen LogP contribution in [0.2, 0.25) is 0 Å². The molecular weight excluding hydrogens is 420 g/mol. The summed E-state index contributed by atoms with van der Waals surface area (Å²) in [5.74, 6) is 0.927. The standard InChI is InChI=1S/C23H30N8S/c1-17-20(13-28-29(17)3)15-30-10-11-31(22-14-25-8-9-26-22)16-21(30)19-6-4-18(5-7-19)12-27-23(32)24-2/h4-9,13-14,21H,10-12,15-16H2,1-3H3,(H2,24,27,32). The average molecular weight is 451 g/mol. The molecule has 168 valence electrons. The fourth-order valence-electron chi connectivity index (χ4n) is 4.04. The Balaban J connectivity index is 1.55. The van der Waals surface area contributed by atoms with E-state index in [1.807, 2.05) is 31.2 Å². The van der Waals surface area contributed by atoms with Gasteiger partial charge in [-0.2, -0.15) is 5.10 Å². The first-order valence-corrected chi connectivity index (χ1v) is 11.2. The third kappa shape index (κ3) is 5.05. The lowest BCUT2D eigenvalue weighted by Crippen LogP contribution is -2.48. The number of hydrogen-bond donors (Lipinski definition) is 2.